The van der Waals surface area contributed by atoms with E-state index in [0.717, 1.165) is 12.8 Å². The number of ether oxygens (including phenoxy) is 1. The smallest absolute Gasteiger partial charge is 0.110 e. The number of rotatable bonds is 0. The van der Waals surface area contributed by atoms with Crippen LogP contribution in [0.4, 0.5) is 0 Å². The summed E-state index contributed by atoms with van der Waals surface area (Å²) >= 11 is 0. The summed E-state index contributed by atoms with van der Waals surface area (Å²) in [5, 5.41) is 9.63. The molecule has 0 radical (unpaired) electrons. The van der Waals surface area contributed by atoms with E-state index in [0.29, 0.717) is 17.4 Å². The lowest BCUT2D eigenvalue weighted by molar-refractivity contribution is 0.0707. The molecule has 0 amide bonds. The maximum Gasteiger partial charge on any atom is 0.110 e. The van der Waals surface area contributed by atoms with Crippen LogP contribution < -0.4 is 0 Å². The number of epoxide rings is 1. The molecule has 1 heterocycles. The van der Waals surface area contributed by atoms with Crippen LogP contribution in [-0.2, 0) is 4.74 Å². The van der Waals surface area contributed by atoms with E-state index in [1.54, 1.807) is 0 Å². The van der Waals surface area contributed by atoms with E-state index in [1.165, 1.54) is 0 Å². The molecule has 1 saturated carbocycles. The highest BCUT2D eigenvalue weighted by molar-refractivity contribution is 4.99. The van der Waals surface area contributed by atoms with Gasteiger partial charge in [0, 0.05) is 0 Å². The van der Waals surface area contributed by atoms with Gasteiger partial charge in [-0.2, -0.15) is 0 Å². The zero-order chi connectivity index (χ0) is 8.93. The largest absolute Gasteiger partial charge is 0.390 e. The highest BCUT2D eigenvalue weighted by Gasteiger charge is 2.51. The molecule has 0 spiro atoms. The Labute approximate surface area is 73.9 Å². The first-order chi connectivity index (χ1) is 5.48. The summed E-state index contributed by atoms with van der Waals surface area (Å²) in [7, 11) is 0. The van der Waals surface area contributed by atoms with Gasteiger partial charge in [0.15, 0.2) is 0 Å². The summed E-state index contributed by atoms with van der Waals surface area (Å²) in [6.07, 6.45) is 2.42. The van der Waals surface area contributed by atoms with Gasteiger partial charge in [-0.3, -0.25) is 0 Å². The molecular weight excluding hydrogens is 152 g/mol. The predicted molar refractivity (Wildman–Crippen MR) is 46.8 cm³/mol. The average Bonchev–Trinajstić information content (AvgIpc) is 2.63. The molecule has 1 aliphatic heterocycles. The van der Waals surface area contributed by atoms with Crippen molar-refractivity contribution < 1.29 is 9.84 Å². The van der Waals surface area contributed by atoms with Crippen molar-refractivity contribution in [3.63, 3.8) is 0 Å². The van der Waals surface area contributed by atoms with Gasteiger partial charge < -0.3 is 9.84 Å². The number of hydrogen-bond acceptors (Lipinski definition) is 2. The van der Waals surface area contributed by atoms with Gasteiger partial charge in [0.05, 0.1) is 12.2 Å². The van der Waals surface area contributed by atoms with Crippen LogP contribution in [0.5, 0.6) is 0 Å². The van der Waals surface area contributed by atoms with Gasteiger partial charge in [0.25, 0.3) is 0 Å². The molecule has 2 nitrogen and oxygen atoms in total. The summed E-state index contributed by atoms with van der Waals surface area (Å²) in [5.41, 5.74) is 0.317. The summed E-state index contributed by atoms with van der Waals surface area (Å²) in [4.78, 5) is 0. The van der Waals surface area contributed by atoms with E-state index in [4.69, 9.17) is 4.74 Å². The molecule has 1 aliphatic carbocycles. The van der Waals surface area contributed by atoms with Crippen LogP contribution in [0.25, 0.3) is 0 Å². The van der Waals surface area contributed by atoms with Crippen molar-refractivity contribution in [3.05, 3.63) is 0 Å². The topological polar surface area (TPSA) is 32.8 Å². The van der Waals surface area contributed by atoms with E-state index < -0.39 is 0 Å². The Morgan fingerprint density at radius 1 is 1.25 bits per heavy atom. The molecule has 70 valence electrons. The molecule has 1 saturated heterocycles. The van der Waals surface area contributed by atoms with E-state index in [-0.39, 0.29) is 12.2 Å². The van der Waals surface area contributed by atoms with Gasteiger partial charge in [-0.15, -0.1) is 0 Å². The highest BCUT2D eigenvalue weighted by atomic mass is 16.6. The van der Waals surface area contributed by atoms with Crippen LogP contribution in [0.2, 0.25) is 0 Å². The molecule has 2 aliphatic rings. The molecule has 0 aromatic heterocycles. The Morgan fingerprint density at radius 3 is 2.42 bits per heavy atom. The van der Waals surface area contributed by atoms with Gasteiger partial charge in [-0.1, -0.05) is 20.8 Å². The number of aliphatic hydroxyl groups is 1. The van der Waals surface area contributed by atoms with Crippen LogP contribution in [0.15, 0.2) is 0 Å². The minimum atomic E-state index is -0.201. The number of aliphatic hydroxyl groups excluding tert-OH is 1. The van der Waals surface area contributed by atoms with Gasteiger partial charge in [-0.05, 0) is 24.2 Å². The van der Waals surface area contributed by atoms with Crippen molar-refractivity contribution in [2.24, 2.45) is 11.3 Å². The fourth-order valence-electron chi connectivity index (χ4n) is 2.19. The van der Waals surface area contributed by atoms with Crippen LogP contribution in [0.1, 0.15) is 33.6 Å². The number of hydrogen-bond donors (Lipinski definition) is 1. The molecule has 0 aromatic carbocycles. The van der Waals surface area contributed by atoms with Crippen molar-refractivity contribution in [3.8, 4) is 0 Å². The Morgan fingerprint density at radius 2 is 1.92 bits per heavy atom. The average molecular weight is 170 g/mol. The van der Waals surface area contributed by atoms with Crippen LogP contribution >= 0.6 is 0 Å². The third kappa shape index (κ3) is 1.38. The maximum absolute atomic E-state index is 9.63. The molecule has 2 rings (SSSR count). The molecule has 2 fully saturated rings. The van der Waals surface area contributed by atoms with Crippen molar-refractivity contribution in [1.29, 1.82) is 0 Å². The third-order valence-corrected chi connectivity index (χ3v) is 3.27. The van der Waals surface area contributed by atoms with Gasteiger partial charge in [-0.25, -0.2) is 0 Å². The summed E-state index contributed by atoms with van der Waals surface area (Å²) < 4.78 is 5.37. The van der Waals surface area contributed by atoms with E-state index in [9.17, 15) is 5.11 Å². The summed E-state index contributed by atoms with van der Waals surface area (Å²) in [6.45, 7) is 6.73. The first-order valence-electron chi connectivity index (χ1n) is 4.82. The lowest BCUT2D eigenvalue weighted by atomic mass is 9.72. The fraction of sp³-hybridized carbons (Fsp3) is 1.00. The van der Waals surface area contributed by atoms with E-state index in [1.807, 2.05) is 0 Å². The second kappa shape index (κ2) is 2.46. The second-order valence-electron chi connectivity index (χ2n) is 5.24. The van der Waals surface area contributed by atoms with Crippen molar-refractivity contribution in [2.45, 2.75) is 51.9 Å². The first-order valence-corrected chi connectivity index (χ1v) is 4.82. The molecule has 0 aromatic rings. The molecular formula is C10H18O2. The van der Waals surface area contributed by atoms with Crippen LogP contribution in [0.3, 0.4) is 0 Å². The van der Waals surface area contributed by atoms with Gasteiger partial charge >= 0.3 is 0 Å². The molecule has 1 unspecified atom stereocenters. The maximum atomic E-state index is 9.63. The molecule has 1 N–H and O–H groups in total. The standard InChI is InChI=1S/C10H18O2/c1-10(2,3)6-4-7(11)9-8(5-6)12-9/h6-9,11H,4-5H2,1-3H3/t6?,7-,8+,9-/m0/s1. The summed E-state index contributed by atoms with van der Waals surface area (Å²) in [5.74, 6) is 0.622. The zero-order valence-corrected chi connectivity index (χ0v) is 8.08. The van der Waals surface area contributed by atoms with Crippen LogP contribution in [-0.4, -0.2) is 23.4 Å². The number of fused-ring (bicyclic) bond motifs is 1. The van der Waals surface area contributed by atoms with Crippen LogP contribution in [0, 0.1) is 11.3 Å². The normalized spacial score (nSPS) is 47.0. The quantitative estimate of drug-likeness (QED) is 0.560. The minimum absolute atomic E-state index is 0.184. The Balaban J connectivity index is 2.01. The van der Waals surface area contributed by atoms with Gasteiger partial charge in [0.2, 0.25) is 0 Å². The SMILES string of the molecule is CC(C)(C)C1C[C@H](O)[C@@H]2O[C@@H]2C1. The molecule has 2 heteroatoms. The monoisotopic (exact) mass is 170 g/mol. The lowest BCUT2D eigenvalue weighted by Gasteiger charge is -2.34. The third-order valence-electron chi connectivity index (χ3n) is 3.27. The lowest BCUT2D eigenvalue weighted by Crippen LogP contribution is -2.34. The van der Waals surface area contributed by atoms with Gasteiger partial charge in [0.1, 0.15) is 6.10 Å². The molecule has 4 atom stereocenters. The Bertz CT molecular complexity index is 183. The Hall–Kier alpha value is -0.0800. The zero-order valence-electron chi connectivity index (χ0n) is 8.08. The second-order valence-corrected chi connectivity index (χ2v) is 5.24. The predicted octanol–water partition coefficient (Wildman–Crippen LogP) is 1.57. The highest BCUT2D eigenvalue weighted by Crippen LogP contribution is 2.45. The summed E-state index contributed by atoms with van der Waals surface area (Å²) in [6, 6.07) is 0. The van der Waals surface area contributed by atoms with E-state index >= 15 is 0 Å². The van der Waals surface area contributed by atoms with Crippen molar-refractivity contribution >= 4 is 0 Å². The molecule has 0 bridgehead atoms. The molecule has 12 heavy (non-hydrogen) atoms. The van der Waals surface area contributed by atoms with Crippen molar-refractivity contribution in [1.82, 2.24) is 0 Å². The van der Waals surface area contributed by atoms with E-state index in [2.05, 4.69) is 20.8 Å². The van der Waals surface area contributed by atoms with Crippen molar-refractivity contribution in [2.75, 3.05) is 0 Å². The Kier molecular flexibility index (Phi) is 1.74. The first kappa shape index (κ1) is 8.52. The minimum Gasteiger partial charge on any atom is -0.390 e. The fourth-order valence-corrected chi connectivity index (χ4v) is 2.19.